The minimum absolute atomic E-state index is 0.00604. The lowest BCUT2D eigenvalue weighted by molar-refractivity contribution is -0.149. The van der Waals surface area contributed by atoms with Gasteiger partial charge in [-0.15, -0.1) is 0 Å². The Bertz CT molecular complexity index is 541. The Morgan fingerprint density at radius 2 is 1.87 bits per heavy atom. The molecular formula is C17H26NO4P. The SMILES string of the molecule is CC(C)P(=O)(NCC(=O)OC1CCCCC1)Oc1ccccc1. The molecule has 1 aliphatic carbocycles. The van der Waals surface area contributed by atoms with Crippen molar-refractivity contribution in [3.05, 3.63) is 30.3 Å². The molecule has 1 unspecified atom stereocenters. The molecule has 1 atom stereocenters. The number of nitrogens with one attached hydrogen (secondary N) is 1. The molecule has 1 aromatic carbocycles. The van der Waals surface area contributed by atoms with Crippen molar-refractivity contribution in [1.82, 2.24) is 5.09 Å². The molecule has 0 saturated heterocycles. The fourth-order valence-electron chi connectivity index (χ4n) is 2.54. The summed E-state index contributed by atoms with van der Waals surface area (Å²) < 4.78 is 24.0. The van der Waals surface area contributed by atoms with Crippen molar-refractivity contribution >= 4 is 13.5 Å². The van der Waals surface area contributed by atoms with E-state index in [1.54, 1.807) is 12.1 Å². The Balaban J connectivity index is 1.88. The van der Waals surface area contributed by atoms with Crippen molar-refractivity contribution < 1.29 is 18.6 Å². The Kier molecular flexibility index (Phi) is 6.67. The summed E-state index contributed by atoms with van der Waals surface area (Å²) in [6, 6.07) is 8.99. The van der Waals surface area contributed by atoms with Crippen molar-refractivity contribution in [2.24, 2.45) is 0 Å². The van der Waals surface area contributed by atoms with Gasteiger partial charge in [0.1, 0.15) is 18.4 Å². The molecule has 1 fully saturated rings. The second-order valence-corrected chi connectivity index (χ2v) is 8.91. The molecule has 5 nitrogen and oxygen atoms in total. The van der Waals surface area contributed by atoms with Crippen molar-refractivity contribution in [2.45, 2.75) is 57.7 Å². The number of carbonyl (C=O) groups is 1. The average molecular weight is 339 g/mol. The maximum atomic E-state index is 12.9. The molecule has 1 N–H and O–H groups in total. The molecule has 23 heavy (non-hydrogen) atoms. The van der Waals surface area contributed by atoms with Gasteiger partial charge in [0.05, 0.1) is 5.66 Å². The van der Waals surface area contributed by atoms with E-state index in [0.29, 0.717) is 5.75 Å². The first kappa shape index (κ1) is 18.0. The second-order valence-electron chi connectivity index (χ2n) is 6.18. The van der Waals surface area contributed by atoms with Gasteiger partial charge in [-0.1, -0.05) is 38.5 Å². The van der Waals surface area contributed by atoms with Gasteiger partial charge in [0.15, 0.2) is 0 Å². The van der Waals surface area contributed by atoms with Gasteiger partial charge in [0, 0.05) is 0 Å². The van der Waals surface area contributed by atoms with Gasteiger partial charge in [0.25, 0.3) is 0 Å². The molecule has 0 aliphatic heterocycles. The molecule has 1 aromatic rings. The number of carbonyl (C=O) groups excluding carboxylic acids is 1. The highest BCUT2D eigenvalue weighted by Crippen LogP contribution is 2.47. The van der Waals surface area contributed by atoms with E-state index >= 15 is 0 Å². The zero-order valence-electron chi connectivity index (χ0n) is 13.9. The summed E-state index contributed by atoms with van der Waals surface area (Å²) in [5.41, 5.74) is -0.245. The summed E-state index contributed by atoms with van der Waals surface area (Å²) in [5, 5.41) is 2.79. The third-order valence-electron chi connectivity index (χ3n) is 3.96. The maximum Gasteiger partial charge on any atom is 0.320 e. The minimum atomic E-state index is -3.17. The molecule has 1 saturated carbocycles. The normalized spacial score (nSPS) is 18.4. The minimum Gasteiger partial charge on any atom is -0.461 e. The molecular weight excluding hydrogens is 313 g/mol. The van der Waals surface area contributed by atoms with E-state index in [9.17, 15) is 9.36 Å². The van der Waals surface area contributed by atoms with Gasteiger partial charge in [-0.3, -0.25) is 9.36 Å². The summed E-state index contributed by atoms with van der Waals surface area (Å²) in [5.74, 6) is 0.159. The molecule has 1 aliphatic rings. The Morgan fingerprint density at radius 1 is 1.22 bits per heavy atom. The van der Waals surface area contributed by atoms with Crippen LogP contribution in [0.1, 0.15) is 46.0 Å². The van der Waals surface area contributed by atoms with Crippen LogP contribution in [0.5, 0.6) is 5.75 Å². The molecule has 2 rings (SSSR count). The lowest BCUT2D eigenvalue weighted by Gasteiger charge is -2.25. The third kappa shape index (κ3) is 5.67. The summed E-state index contributed by atoms with van der Waals surface area (Å²) in [6.45, 7) is 3.52. The van der Waals surface area contributed by atoms with E-state index in [-0.39, 0.29) is 24.3 Å². The molecule has 0 heterocycles. The lowest BCUT2D eigenvalue weighted by Crippen LogP contribution is -2.30. The van der Waals surface area contributed by atoms with Crippen LogP contribution in [0.2, 0.25) is 0 Å². The zero-order valence-corrected chi connectivity index (χ0v) is 14.8. The summed E-state index contributed by atoms with van der Waals surface area (Å²) >= 11 is 0. The van der Waals surface area contributed by atoms with Gasteiger partial charge in [-0.25, -0.2) is 5.09 Å². The molecule has 0 amide bonds. The summed E-state index contributed by atoms with van der Waals surface area (Å²) in [7, 11) is -3.17. The first-order chi connectivity index (χ1) is 11.0. The number of para-hydroxylation sites is 1. The number of ether oxygens (including phenoxy) is 1. The number of hydrogen-bond acceptors (Lipinski definition) is 4. The van der Waals surface area contributed by atoms with Crippen molar-refractivity contribution in [1.29, 1.82) is 0 Å². The highest BCUT2D eigenvalue weighted by molar-refractivity contribution is 7.58. The molecule has 6 heteroatoms. The number of esters is 1. The van der Waals surface area contributed by atoms with Crippen LogP contribution in [0.3, 0.4) is 0 Å². The zero-order chi connectivity index (χ0) is 16.7. The first-order valence-corrected chi connectivity index (χ1v) is 9.98. The van der Waals surface area contributed by atoms with E-state index in [4.69, 9.17) is 9.26 Å². The van der Waals surface area contributed by atoms with E-state index in [1.165, 1.54) is 6.42 Å². The van der Waals surface area contributed by atoms with Crippen LogP contribution in [0.25, 0.3) is 0 Å². The third-order valence-corrected chi connectivity index (χ3v) is 6.40. The van der Waals surface area contributed by atoms with Gasteiger partial charge < -0.3 is 9.26 Å². The van der Waals surface area contributed by atoms with Crippen LogP contribution in [0.4, 0.5) is 0 Å². The molecule has 0 bridgehead atoms. The van der Waals surface area contributed by atoms with Gasteiger partial charge in [-0.05, 0) is 37.8 Å². The first-order valence-electron chi connectivity index (χ1n) is 8.28. The fraction of sp³-hybridized carbons (Fsp3) is 0.588. The number of benzene rings is 1. The predicted octanol–water partition coefficient (Wildman–Crippen LogP) is 4.13. The lowest BCUT2D eigenvalue weighted by atomic mass is 9.98. The van der Waals surface area contributed by atoms with Crippen LogP contribution in [0.15, 0.2) is 30.3 Å². The van der Waals surface area contributed by atoms with Gasteiger partial charge >= 0.3 is 13.5 Å². The van der Waals surface area contributed by atoms with Crippen LogP contribution in [-0.4, -0.2) is 24.3 Å². The summed E-state index contributed by atoms with van der Waals surface area (Å²) in [6.07, 6.45) is 5.27. The molecule has 0 aromatic heterocycles. The Labute approximate surface area is 138 Å². The average Bonchev–Trinajstić information content (AvgIpc) is 2.55. The topological polar surface area (TPSA) is 64.6 Å². The number of rotatable bonds is 7. The predicted molar refractivity (Wildman–Crippen MR) is 90.8 cm³/mol. The van der Waals surface area contributed by atoms with Crippen LogP contribution in [-0.2, 0) is 14.1 Å². The van der Waals surface area contributed by atoms with Crippen LogP contribution >= 0.6 is 7.52 Å². The smallest absolute Gasteiger partial charge is 0.320 e. The standard InChI is InChI=1S/C17H26NO4P/c1-14(2)23(20,22-16-11-7-4-8-12-16)18-13-17(19)21-15-9-5-3-6-10-15/h4,7-8,11-12,14-15H,3,5-6,9-10,13H2,1-2H3,(H,18,20). The van der Waals surface area contributed by atoms with E-state index in [1.807, 2.05) is 32.0 Å². The van der Waals surface area contributed by atoms with Gasteiger partial charge in [0.2, 0.25) is 0 Å². The quantitative estimate of drug-likeness (QED) is 0.598. The maximum absolute atomic E-state index is 12.9. The Hall–Kier alpha value is -1.32. The largest absolute Gasteiger partial charge is 0.461 e. The highest BCUT2D eigenvalue weighted by Gasteiger charge is 2.30. The van der Waals surface area contributed by atoms with Crippen molar-refractivity contribution in [2.75, 3.05) is 6.54 Å². The van der Waals surface area contributed by atoms with E-state index < -0.39 is 7.52 Å². The van der Waals surface area contributed by atoms with Crippen LogP contribution in [0, 0.1) is 0 Å². The fourth-order valence-corrected chi connectivity index (χ4v) is 3.97. The monoisotopic (exact) mass is 339 g/mol. The van der Waals surface area contributed by atoms with Crippen molar-refractivity contribution in [3.63, 3.8) is 0 Å². The molecule has 0 spiro atoms. The summed E-state index contributed by atoms with van der Waals surface area (Å²) in [4.78, 5) is 12.0. The van der Waals surface area contributed by atoms with Crippen molar-refractivity contribution in [3.8, 4) is 5.75 Å². The molecule has 0 radical (unpaired) electrons. The van der Waals surface area contributed by atoms with E-state index in [2.05, 4.69) is 5.09 Å². The second kappa shape index (κ2) is 8.51. The molecule has 128 valence electrons. The number of hydrogen-bond donors (Lipinski definition) is 1. The highest BCUT2D eigenvalue weighted by atomic mass is 31.2. The van der Waals surface area contributed by atoms with Crippen LogP contribution < -0.4 is 9.61 Å². The van der Waals surface area contributed by atoms with Gasteiger partial charge in [-0.2, -0.15) is 0 Å². The van der Waals surface area contributed by atoms with E-state index in [0.717, 1.165) is 25.7 Å². The Morgan fingerprint density at radius 3 is 2.48 bits per heavy atom.